The predicted octanol–water partition coefficient (Wildman–Crippen LogP) is 3.49. The van der Waals surface area contributed by atoms with E-state index < -0.39 is 5.54 Å². The van der Waals surface area contributed by atoms with Crippen LogP contribution in [-0.4, -0.2) is 15.1 Å². The number of aromatic nitrogens is 3. The summed E-state index contributed by atoms with van der Waals surface area (Å²) in [5.74, 6) is 1.76. The Morgan fingerprint density at radius 2 is 2.09 bits per heavy atom. The highest BCUT2D eigenvalue weighted by atomic mass is 32.1. The van der Waals surface area contributed by atoms with Crippen molar-refractivity contribution < 1.29 is 8.94 Å². The fourth-order valence-corrected chi connectivity index (χ4v) is 3.73. The van der Waals surface area contributed by atoms with Crippen LogP contribution < -0.4 is 5.73 Å². The molecule has 1 fully saturated rings. The largest absolute Gasteiger partial charge is 0.462 e. The molecule has 0 unspecified atom stereocenters. The lowest BCUT2D eigenvalue weighted by molar-refractivity contribution is 0.372. The summed E-state index contributed by atoms with van der Waals surface area (Å²) in [6.07, 6.45) is 5.66. The van der Waals surface area contributed by atoms with Gasteiger partial charge in [0.25, 0.3) is 5.89 Å². The van der Waals surface area contributed by atoms with Crippen LogP contribution in [0.4, 0.5) is 0 Å². The Bertz CT molecular complexity index is 784. The smallest absolute Gasteiger partial charge is 0.277 e. The highest BCUT2D eigenvalue weighted by molar-refractivity contribution is 7.15. The molecule has 1 aliphatic carbocycles. The van der Waals surface area contributed by atoms with Crippen LogP contribution in [-0.2, 0) is 5.54 Å². The van der Waals surface area contributed by atoms with Gasteiger partial charge in [-0.3, -0.25) is 0 Å². The second kappa shape index (κ2) is 5.03. The van der Waals surface area contributed by atoms with E-state index in [1.807, 2.05) is 19.1 Å². The molecule has 6 nitrogen and oxygen atoms in total. The highest BCUT2D eigenvalue weighted by Crippen LogP contribution is 2.37. The molecule has 0 aliphatic heterocycles. The second-order valence-electron chi connectivity index (χ2n) is 5.69. The van der Waals surface area contributed by atoms with Gasteiger partial charge in [-0.25, -0.2) is 4.98 Å². The first-order valence-electron chi connectivity index (χ1n) is 7.30. The molecule has 0 spiro atoms. The monoisotopic (exact) mass is 316 g/mol. The summed E-state index contributed by atoms with van der Waals surface area (Å²) in [6.45, 7) is 1.98. The van der Waals surface area contributed by atoms with Gasteiger partial charge < -0.3 is 14.7 Å². The standard InChI is InChI=1S/C15H16N4O2S/c1-9-11(17-13(22-9)10-5-4-8-20-10)12-18-14(19-21-12)15(16)6-2-3-7-15/h4-5,8H,2-3,6-7,16H2,1H3. The van der Waals surface area contributed by atoms with Gasteiger partial charge in [0.1, 0.15) is 5.69 Å². The molecule has 1 aliphatic rings. The normalized spacial score (nSPS) is 17.2. The van der Waals surface area contributed by atoms with Crippen LogP contribution in [0.5, 0.6) is 0 Å². The number of rotatable bonds is 3. The summed E-state index contributed by atoms with van der Waals surface area (Å²) in [7, 11) is 0. The molecule has 7 heteroatoms. The van der Waals surface area contributed by atoms with Crippen molar-refractivity contribution in [2.75, 3.05) is 0 Å². The fourth-order valence-electron chi connectivity index (χ4n) is 2.85. The van der Waals surface area contributed by atoms with E-state index in [9.17, 15) is 0 Å². The molecule has 1 saturated carbocycles. The van der Waals surface area contributed by atoms with Crippen LogP contribution in [0.2, 0.25) is 0 Å². The highest BCUT2D eigenvalue weighted by Gasteiger charge is 2.36. The summed E-state index contributed by atoms with van der Waals surface area (Å²) in [6, 6.07) is 3.73. The van der Waals surface area contributed by atoms with Crippen molar-refractivity contribution in [3.8, 4) is 22.4 Å². The summed E-state index contributed by atoms with van der Waals surface area (Å²) in [5.41, 5.74) is 6.63. The van der Waals surface area contributed by atoms with Gasteiger partial charge in [-0.15, -0.1) is 11.3 Å². The topological polar surface area (TPSA) is 91.0 Å². The maximum absolute atomic E-state index is 6.37. The van der Waals surface area contributed by atoms with Crippen LogP contribution in [0.25, 0.3) is 22.4 Å². The van der Waals surface area contributed by atoms with E-state index in [2.05, 4.69) is 15.1 Å². The summed E-state index contributed by atoms with van der Waals surface area (Å²) in [5, 5.41) is 4.90. The van der Waals surface area contributed by atoms with Crippen LogP contribution in [0.1, 0.15) is 36.4 Å². The third kappa shape index (κ3) is 2.17. The Morgan fingerprint density at radius 3 is 2.82 bits per heavy atom. The molecule has 3 aromatic rings. The van der Waals surface area contributed by atoms with Crippen molar-refractivity contribution in [3.05, 3.63) is 29.1 Å². The van der Waals surface area contributed by atoms with E-state index in [4.69, 9.17) is 14.7 Å². The Labute approximate surface area is 131 Å². The Balaban J connectivity index is 1.69. The SMILES string of the molecule is Cc1sc(-c2ccco2)nc1-c1nc(C2(N)CCCC2)no1. The average molecular weight is 316 g/mol. The molecule has 3 heterocycles. The van der Waals surface area contributed by atoms with E-state index >= 15 is 0 Å². The molecule has 0 atom stereocenters. The molecule has 22 heavy (non-hydrogen) atoms. The maximum Gasteiger partial charge on any atom is 0.277 e. The molecular formula is C15H16N4O2S. The molecule has 4 rings (SSSR count). The van der Waals surface area contributed by atoms with E-state index in [0.717, 1.165) is 41.3 Å². The summed E-state index contributed by atoms with van der Waals surface area (Å²) < 4.78 is 10.8. The number of hydrogen-bond acceptors (Lipinski definition) is 7. The number of thiazole rings is 1. The molecule has 0 saturated heterocycles. The minimum absolute atomic E-state index is 0.429. The van der Waals surface area contributed by atoms with E-state index in [1.54, 1.807) is 17.6 Å². The van der Waals surface area contributed by atoms with Gasteiger partial charge in [0.05, 0.1) is 11.8 Å². The Kier molecular flexibility index (Phi) is 3.12. The minimum Gasteiger partial charge on any atom is -0.462 e. The van der Waals surface area contributed by atoms with E-state index in [-0.39, 0.29) is 0 Å². The third-order valence-electron chi connectivity index (χ3n) is 4.10. The van der Waals surface area contributed by atoms with Crippen molar-refractivity contribution in [3.63, 3.8) is 0 Å². The lowest BCUT2D eigenvalue weighted by Gasteiger charge is -2.17. The summed E-state index contributed by atoms with van der Waals surface area (Å²) >= 11 is 1.54. The van der Waals surface area contributed by atoms with Gasteiger partial charge in [-0.2, -0.15) is 4.98 Å². The molecule has 0 bridgehead atoms. The first-order valence-corrected chi connectivity index (χ1v) is 8.12. The molecule has 114 valence electrons. The van der Waals surface area contributed by atoms with Crippen molar-refractivity contribution in [2.24, 2.45) is 5.73 Å². The van der Waals surface area contributed by atoms with Crippen LogP contribution in [0.15, 0.2) is 27.3 Å². The van der Waals surface area contributed by atoms with Gasteiger partial charge in [-0.05, 0) is 31.9 Å². The van der Waals surface area contributed by atoms with E-state index in [0.29, 0.717) is 17.4 Å². The first kappa shape index (κ1) is 13.7. The fraction of sp³-hybridized carbons (Fsp3) is 0.400. The van der Waals surface area contributed by atoms with Crippen molar-refractivity contribution in [1.29, 1.82) is 0 Å². The van der Waals surface area contributed by atoms with Crippen molar-refractivity contribution in [1.82, 2.24) is 15.1 Å². The zero-order valence-electron chi connectivity index (χ0n) is 12.2. The lowest BCUT2D eigenvalue weighted by atomic mass is 9.99. The Morgan fingerprint density at radius 1 is 1.27 bits per heavy atom. The molecule has 0 radical (unpaired) electrons. The summed E-state index contributed by atoms with van der Waals surface area (Å²) in [4.78, 5) is 10.1. The number of hydrogen-bond donors (Lipinski definition) is 1. The number of aryl methyl sites for hydroxylation is 1. The first-order chi connectivity index (χ1) is 10.7. The van der Waals surface area contributed by atoms with Crippen LogP contribution >= 0.6 is 11.3 Å². The van der Waals surface area contributed by atoms with Crippen LogP contribution in [0, 0.1) is 6.92 Å². The van der Waals surface area contributed by atoms with Gasteiger partial charge >= 0.3 is 0 Å². The molecule has 0 aromatic carbocycles. The predicted molar refractivity (Wildman–Crippen MR) is 82.2 cm³/mol. The second-order valence-corrected chi connectivity index (χ2v) is 6.89. The van der Waals surface area contributed by atoms with Crippen molar-refractivity contribution >= 4 is 11.3 Å². The van der Waals surface area contributed by atoms with Crippen LogP contribution in [0.3, 0.4) is 0 Å². The van der Waals surface area contributed by atoms with Gasteiger partial charge in [0, 0.05) is 4.88 Å². The molecule has 3 aromatic heterocycles. The average Bonchev–Trinajstić information content (AvgIpc) is 3.25. The number of furan rings is 1. The molecular weight excluding hydrogens is 300 g/mol. The van der Waals surface area contributed by atoms with Crippen molar-refractivity contribution in [2.45, 2.75) is 38.1 Å². The Hall–Kier alpha value is -1.99. The third-order valence-corrected chi connectivity index (χ3v) is 5.08. The zero-order valence-corrected chi connectivity index (χ0v) is 13.0. The number of nitrogens with two attached hydrogens (primary N) is 1. The minimum atomic E-state index is -0.449. The lowest BCUT2D eigenvalue weighted by Crippen LogP contribution is -2.34. The number of nitrogens with zero attached hydrogens (tertiary/aromatic N) is 3. The van der Waals surface area contributed by atoms with E-state index in [1.165, 1.54) is 0 Å². The molecule has 2 N–H and O–H groups in total. The van der Waals surface area contributed by atoms with Gasteiger partial charge in [0.2, 0.25) is 0 Å². The van der Waals surface area contributed by atoms with Gasteiger partial charge in [0.15, 0.2) is 16.6 Å². The maximum atomic E-state index is 6.37. The molecule has 0 amide bonds. The zero-order chi connectivity index (χ0) is 15.2. The van der Waals surface area contributed by atoms with Gasteiger partial charge in [-0.1, -0.05) is 18.0 Å². The quantitative estimate of drug-likeness (QED) is 0.795.